The lowest BCUT2D eigenvalue weighted by atomic mass is 10.2. The Bertz CT molecular complexity index is 1010. The van der Waals surface area contributed by atoms with Gasteiger partial charge in [0.1, 0.15) is 0 Å². The first-order valence-electron chi connectivity index (χ1n) is 9.13. The average molecular weight is 422 g/mol. The first-order chi connectivity index (χ1) is 13.4. The number of esters is 1. The van der Waals surface area contributed by atoms with E-state index < -0.39 is 16.0 Å². The number of carbonyl (C=O) groups is 2. The second kappa shape index (κ2) is 8.79. The van der Waals surface area contributed by atoms with Gasteiger partial charge in [0.15, 0.2) is 6.61 Å². The zero-order chi connectivity index (χ0) is 21.9. The molecule has 0 atom stereocenters. The Morgan fingerprint density at radius 3 is 2.28 bits per heavy atom. The number of likely N-dealkylation sites (N-methyl/N-ethyl adjacent to an activating group) is 1. The van der Waals surface area contributed by atoms with Crippen LogP contribution in [-0.4, -0.2) is 49.5 Å². The maximum atomic E-state index is 12.4. The van der Waals surface area contributed by atoms with Crippen molar-refractivity contribution >= 4 is 21.9 Å². The van der Waals surface area contributed by atoms with Gasteiger partial charge in [-0.3, -0.25) is 4.79 Å². The number of hydrogen-bond acceptors (Lipinski definition) is 5. The van der Waals surface area contributed by atoms with Crippen molar-refractivity contribution in [2.45, 2.75) is 45.2 Å². The number of nitrogens with zero attached hydrogens (tertiary/aromatic N) is 2. The molecule has 9 heteroatoms. The molecule has 2 rings (SSSR count). The summed E-state index contributed by atoms with van der Waals surface area (Å²) >= 11 is 0. The van der Waals surface area contributed by atoms with Gasteiger partial charge < -0.3 is 14.2 Å². The fourth-order valence-electron chi connectivity index (χ4n) is 2.81. The van der Waals surface area contributed by atoms with Crippen LogP contribution < -0.4 is 5.14 Å². The lowest BCUT2D eigenvalue weighted by Gasteiger charge is -2.21. The van der Waals surface area contributed by atoms with Crippen LogP contribution in [0.1, 0.15) is 41.2 Å². The van der Waals surface area contributed by atoms with Crippen molar-refractivity contribution in [3.05, 3.63) is 52.8 Å². The highest BCUT2D eigenvalue weighted by atomic mass is 32.2. The number of ether oxygens (including phenoxy) is 1. The minimum absolute atomic E-state index is 0.0203. The van der Waals surface area contributed by atoms with Gasteiger partial charge in [0.05, 0.1) is 10.5 Å². The fraction of sp³-hybridized carbons (Fsp3) is 0.400. The standard InChI is InChI=1S/C20H27N3O5S/c1-13(2)22(5)19(24)12-28-20(25)18-10-14(3)23(15(18)4)11-16-6-8-17(9-7-16)29(21,26)27/h6-10,13H,11-12H2,1-5H3,(H2,21,26,27). The smallest absolute Gasteiger partial charge is 0.340 e. The Labute approximate surface area is 171 Å². The molecular weight excluding hydrogens is 394 g/mol. The normalized spacial score (nSPS) is 11.6. The van der Waals surface area contributed by atoms with E-state index in [1.54, 1.807) is 32.2 Å². The SMILES string of the molecule is Cc1cc(C(=O)OCC(=O)N(C)C(C)C)c(C)n1Cc1ccc(S(N)(=O)=O)cc1. The van der Waals surface area contributed by atoms with Crippen molar-refractivity contribution < 1.29 is 22.7 Å². The van der Waals surface area contributed by atoms with Crippen molar-refractivity contribution in [1.29, 1.82) is 0 Å². The number of rotatable bonds is 7. The van der Waals surface area contributed by atoms with Gasteiger partial charge in [-0.15, -0.1) is 0 Å². The quantitative estimate of drug-likeness (QED) is 0.686. The number of primary sulfonamides is 1. The molecule has 0 spiro atoms. The minimum Gasteiger partial charge on any atom is -0.452 e. The van der Waals surface area contributed by atoms with Gasteiger partial charge in [-0.2, -0.15) is 0 Å². The first kappa shape index (κ1) is 22.6. The van der Waals surface area contributed by atoms with Crippen LogP contribution in [0.2, 0.25) is 0 Å². The molecular formula is C20H27N3O5S. The van der Waals surface area contributed by atoms with Gasteiger partial charge in [-0.25, -0.2) is 18.4 Å². The molecule has 2 N–H and O–H groups in total. The maximum Gasteiger partial charge on any atom is 0.340 e. The summed E-state index contributed by atoms with van der Waals surface area (Å²) < 4.78 is 29.9. The number of amides is 1. The molecule has 0 aliphatic carbocycles. The van der Waals surface area contributed by atoms with E-state index in [-0.39, 0.29) is 23.5 Å². The second-order valence-electron chi connectivity index (χ2n) is 7.23. The molecule has 0 saturated carbocycles. The van der Waals surface area contributed by atoms with E-state index in [0.717, 1.165) is 11.3 Å². The van der Waals surface area contributed by atoms with Crippen LogP contribution in [0.3, 0.4) is 0 Å². The fourth-order valence-corrected chi connectivity index (χ4v) is 3.33. The van der Waals surface area contributed by atoms with Gasteiger partial charge in [0.25, 0.3) is 5.91 Å². The van der Waals surface area contributed by atoms with Crippen LogP contribution in [0.4, 0.5) is 0 Å². The van der Waals surface area contributed by atoms with Gasteiger partial charge in [-0.1, -0.05) is 12.1 Å². The molecule has 0 fully saturated rings. The van der Waals surface area contributed by atoms with E-state index in [0.29, 0.717) is 17.8 Å². The maximum absolute atomic E-state index is 12.4. The Morgan fingerprint density at radius 2 is 1.76 bits per heavy atom. The van der Waals surface area contributed by atoms with Gasteiger partial charge >= 0.3 is 5.97 Å². The summed E-state index contributed by atoms with van der Waals surface area (Å²) in [4.78, 5) is 26.0. The van der Waals surface area contributed by atoms with E-state index >= 15 is 0 Å². The summed E-state index contributed by atoms with van der Waals surface area (Å²) in [7, 11) is -2.08. The molecule has 0 radical (unpaired) electrons. The topological polar surface area (TPSA) is 112 Å². The summed E-state index contributed by atoms with van der Waals surface area (Å²) in [5, 5.41) is 5.12. The number of aromatic nitrogens is 1. The molecule has 29 heavy (non-hydrogen) atoms. The Kier molecular flexibility index (Phi) is 6.86. The van der Waals surface area contributed by atoms with Crippen molar-refractivity contribution in [1.82, 2.24) is 9.47 Å². The van der Waals surface area contributed by atoms with Crippen LogP contribution in [-0.2, 0) is 26.1 Å². The third kappa shape index (κ3) is 5.45. The minimum atomic E-state index is -3.74. The van der Waals surface area contributed by atoms with Crippen LogP contribution >= 0.6 is 0 Å². The molecule has 158 valence electrons. The summed E-state index contributed by atoms with van der Waals surface area (Å²) in [6.45, 7) is 7.55. The van der Waals surface area contributed by atoms with Crippen LogP contribution in [0, 0.1) is 13.8 Å². The van der Waals surface area contributed by atoms with E-state index in [2.05, 4.69) is 0 Å². The number of nitrogens with two attached hydrogens (primary N) is 1. The molecule has 2 aromatic rings. The Hall–Kier alpha value is -2.65. The zero-order valence-corrected chi connectivity index (χ0v) is 18.1. The van der Waals surface area contributed by atoms with Gasteiger partial charge in [0, 0.05) is 31.0 Å². The lowest BCUT2D eigenvalue weighted by Crippen LogP contribution is -2.36. The summed E-state index contributed by atoms with van der Waals surface area (Å²) in [5.41, 5.74) is 2.79. The molecule has 0 unspecified atom stereocenters. The van der Waals surface area contributed by atoms with E-state index in [9.17, 15) is 18.0 Å². The summed E-state index contributed by atoms with van der Waals surface area (Å²) in [5.74, 6) is -0.823. The van der Waals surface area contributed by atoms with Crippen molar-refractivity contribution in [2.24, 2.45) is 5.14 Å². The predicted molar refractivity (Wildman–Crippen MR) is 109 cm³/mol. The number of hydrogen-bond donors (Lipinski definition) is 1. The highest BCUT2D eigenvalue weighted by Gasteiger charge is 2.20. The summed E-state index contributed by atoms with van der Waals surface area (Å²) in [6.07, 6.45) is 0. The van der Waals surface area contributed by atoms with Gasteiger partial charge in [-0.05, 0) is 51.5 Å². The van der Waals surface area contributed by atoms with E-state index in [1.165, 1.54) is 17.0 Å². The Morgan fingerprint density at radius 1 is 1.17 bits per heavy atom. The first-order valence-corrected chi connectivity index (χ1v) is 10.7. The molecule has 1 heterocycles. The van der Waals surface area contributed by atoms with Crippen molar-refractivity contribution in [3.63, 3.8) is 0 Å². The molecule has 0 bridgehead atoms. The lowest BCUT2D eigenvalue weighted by molar-refractivity contribution is -0.134. The van der Waals surface area contributed by atoms with Crippen LogP contribution in [0.25, 0.3) is 0 Å². The molecule has 1 amide bonds. The zero-order valence-electron chi connectivity index (χ0n) is 17.3. The molecule has 1 aromatic heterocycles. The second-order valence-corrected chi connectivity index (χ2v) is 8.80. The van der Waals surface area contributed by atoms with Crippen molar-refractivity contribution in [2.75, 3.05) is 13.7 Å². The Balaban J connectivity index is 2.13. The molecule has 0 saturated heterocycles. The van der Waals surface area contributed by atoms with Crippen LogP contribution in [0.5, 0.6) is 0 Å². The molecule has 8 nitrogen and oxygen atoms in total. The number of aryl methyl sites for hydroxylation is 1. The van der Waals surface area contributed by atoms with Crippen molar-refractivity contribution in [3.8, 4) is 0 Å². The predicted octanol–water partition coefficient (Wildman–Crippen LogP) is 1.82. The molecule has 0 aliphatic rings. The number of carbonyl (C=O) groups excluding carboxylic acids is 2. The summed E-state index contributed by atoms with van der Waals surface area (Å²) in [6, 6.07) is 7.99. The molecule has 1 aromatic carbocycles. The van der Waals surface area contributed by atoms with E-state index in [4.69, 9.17) is 9.88 Å². The average Bonchev–Trinajstić information content (AvgIpc) is 2.93. The number of sulfonamides is 1. The largest absolute Gasteiger partial charge is 0.452 e. The third-order valence-electron chi connectivity index (χ3n) is 4.88. The van der Waals surface area contributed by atoms with Crippen LogP contribution in [0.15, 0.2) is 35.2 Å². The van der Waals surface area contributed by atoms with E-state index in [1.807, 2.05) is 25.3 Å². The molecule has 0 aliphatic heterocycles. The third-order valence-corrected chi connectivity index (χ3v) is 5.81. The number of benzene rings is 1. The monoisotopic (exact) mass is 421 g/mol. The van der Waals surface area contributed by atoms with Gasteiger partial charge in [0.2, 0.25) is 10.0 Å². The highest BCUT2D eigenvalue weighted by molar-refractivity contribution is 7.89. The highest BCUT2D eigenvalue weighted by Crippen LogP contribution is 2.19.